The van der Waals surface area contributed by atoms with Crippen LogP contribution in [0.2, 0.25) is 0 Å². The first kappa shape index (κ1) is 32.2. The van der Waals surface area contributed by atoms with Gasteiger partial charge < -0.3 is 24.3 Å². The first-order valence-electron chi connectivity index (χ1n) is 16.7. The second-order valence-electron chi connectivity index (χ2n) is 13.8. The molecule has 1 aliphatic carbocycles. The fraction of sp³-hybridized carbons (Fsp3) is 0.600. The maximum atomic E-state index is 14.4. The molecule has 246 valence electrons. The zero-order chi connectivity index (χ0) is 32.6. The van der Waals surface area contributed by atoms with Gasteiger partial charge in [0.05, 0.1) is 42.5 Å². The van der Waals surface area contributed by atoms with Gasteiger partial charge in [-0.1, -0.05) is 12.6 Å². The van der Waals surface area contributed by atoms with Crippen LogP contribution in [0, 0.1) is 17.1 Å². The van der Waals surface area contributed by atoms with Crippen molar-refractivity contribution in [3.8, 4) is 6.07 Å². The fourth-order valence-electron chi connectivity index (χ4n) is 7.56. The van der Waals surface area contributed by atoms with Gasteiger partial charge in [-0.2, -0.15) is 10.2 Å². The molecule has 3 aliphatic heterocycles. The quantitative estimate of drug-likeness (QED) is 0.386. The highest BCUT2D eigenvalue weighted by Gasteiger charge is 2.47. The molecular weight excluding hydrogens is 583 g/mol. The summed E-state index contributed by atoms with van der Waals surface area (Å²) in [6.45, 7) is 12.5. The summed E-state index contributed by atoms with van der Waals surface area (Å²) in [5, 5.41) is 9.60. The molecule has 4 aliphatic rings. The lowest BCUT2D eigenvalue weighted by Crippen LogP contribution is -2.71. The van der Waals surface area contributed by atoms with Crippen molar-refractivity contribution >= 4 is 23.4 Å². The number of amides is 1. The molecule has 1 aromatic heterocycles. The molecule has 46 heavy (non-hydrogen) atoms. The van der Waals surface area contributed by atoms with Gasteiger partial charge in [0, 0.05) is 63.0 Å². The lowest BCUT2D eigenvalue weighted by Gasteiger charge is -2.54. The Balaban J connectivity index is 1.33. The molecule has 6 rings (SSSR count). The second kappa shape index (κ2) is 13.2. The number of hydrogen-bond acceptors (Lipinski definition) is 9. The molecular formula is C35H47FN8O2. The summed E-state index contributed by atoms with van der Waals surface area (Å²) in [7, 11) is 4.20. The summed E-state index contributed by atoms with van der Waals surface area (Å²) in [6, 6.07) is 7.45. The fourth-order valence-corrected chi connectivity index (χ4v) is 7.56. The molecule has 2 saturated heterocycles. The molecule has 1 amide bonds. The largest absolute Gasteiger partial charge is 0.377 e. The van der Waals surface area contributed by atoms with E-state index in [2.05, 4.69) is 60.2 Å². The molecule has 2 atom stereocenters. The summed E-state index contributed by atoms with van der Waals surface area (Å²) >= 11 is 0. The molecule has 2 unspecified atom stereocenters. The number of anilines is 3. The van der Waals surface area contributed by atoms with E-state index in [1.165, 1.54) is 11.6 Å². The Morgan fingerprint density at radius 2 is 2.02 bits per heavy atom. The Morgan fingerprint density at radius 1 is 1.22 bits per heavy atom. The van der Waals surface area contributed by atoms with E-state index in [1.54, 1.807) is 17.0 Å². The number of likely N-dealkylation sites (N-methyl/N-ethyl adjacent to an activating group) is 1. The number of benzene rings is 1. The van der Waals surface area contributed by atoms with Gasteiger partial charge in [-0.25, -0.2) is 9.37 Å². The number of carbonyl (C=O) groups excluding carboxylic acids is 1. The molecule has 0 spiro atoms. The number of rotatable bonds is 9. The summed E-state index contributed by atoms with van der Waals surface area (Å²) in [5.74, 6) is 1.29. The van der Waals surface area contributed by atoms with Gasteiger partial charge in [0.25, 0.3) is 0 Å². The van der Waals surface area contributed by atoms with Gasteiger partial charge >= 0.3 is 0 Å². The third-order valence-corrected chi connectivity index (χ3v) is 10.3. The molecule has 2 fully saturated rings. The predicted molar refractivity (Wildman–Crippen MR) is 178 cm³/mol. The molecule has 1 aromatic carbocycles. The number of piperazine rings is 1. The highest BCUT2D eigenvalue weighted by molar-refractivity contribution is 5.87. The first-order chi connectivity index (χ1) is 22.1. The highest BCUT2D eigenvalue weighted by atomic mass is 19.1. The summed E-state index contributed by atoms with van der Waals surface area (Å²) in [5.41, 5.74) is 4.30. The maximum absolute atomic E-state index is 14.4. The van der Waals surface area contributed by atoms with Crippen LogP contribution in [0.1, 0.15) is 49.9 Å². The monoisotopic (exact) mass is 630 g/mol. The Hall–Kier alpha value is -3.75. The molecule has 4 heterocycles. The van der Waals surface area contributed by atoms with Gasteiger partial charge in [-0.05, 0) is 77.4 Å². The van der Waals surface area contributed by atoms with E-state index in [1.807, 2.05) is 6.07 Å². The van der Waals surface area contributed by atoms with E-state index in [-0.39, 0.29) is 41.9 Å². The number of ether oxygens (including phenoxy) is 1. The van der Waals surface area contributed by atoms with Crippen molar-refractivity contribution in [3.05, 3.63) is 53.5 Å². The van der Waals surface area contributed by atoms with Gasteiger partial charge in [-0.3, -0.25) is 9.69 Å². The minimum Gasteiger partial charge on any atom is -0.377 e. The minimum atomic E-state index is -0.243. The summed E-state index contributed by atoms with van der Waals surface area (Å²) in [4.78, 5) is 34.0. The van der Waals surface area contributed by atoms with Crippen molar-refractivity contribution in [2.24, 2.45) is 0 Å². The van der Waals surface area contributed by atoms with E-state index in [0.717, 1.165) is 74.5 Å². The smallest absolute Gasteiger partial charge is 0.246 e. The summed E-state index contributed by atoms with van der Waals surface area (Å²) in [6.07, 6.45) is 6.25. The molecule has 2 aromatic rings. The predicted octanol–water partition coefficient (Wildman–Crippen LogP) is 3.59. The lowest BCUT2D eigenvalue weighted by molar-refractivity contribution is -0.128. The third-order valence-electron chi connectivity index (χ3n) is 10.3. The van der Waals surface area contributed by atoms with Crippen molar-refractivity contribution < 1.29 is 13.9 Å². The zero-order valence-corrected chi connectivity index (χ0v) is 27.7. The van der Waals surface area contributed by atoms with Crippen LogP contribution in [0.5, 0.6) is 0 Å². The second-order valence-corrected chi connectivity index (χ2v) is 13.8. The van der Waals surface area contributed by atoms with Crippen molar-refractivity contribution in [2.75, 3.05) is 74.7 Å². The topological polar surface area (TPSA) is 92.1 Å². The molecule has 10 nitrogen and oxygen atoms in total. The molecule has 0 N–H and O–H groups in total. The minimum absolute atomic E-state index is 0.123. The van der Waals surface area contributed by atoms with Crippen LogP contribution in [0.15, 0.2) is 30.9 Å². The zero-order valence-electron chi connectivity index (χ0n) is 27.7. The standard InChI is InChI=1S/C35H47FN8O2/c1-6-32(45)44-17-16-41(20-28(44)13-14-37)33-29-12-11-27(43-15-7-8-25-9-10-26(36)18-31(25)43)19-30(29)38-34(39-33)42-21-35(22-42,40(4)5)23-46-24(2)3/h6,9-10,18,24,27-28H,1,7-8,11-13,15-17,19-23H2,2-5H3. The normalized spacial score (nSPS) is 22.3. The van der Waals surface area contributed by atoms with Gasteiger partial charge in [0.2, 0.25) is 11.9 Å². The van der Waals surface area contributed by atoms with Gasteiger partial charge in [0.1, 0.15) is 11.6 Å². The Morgan fingerprint density at radius 3 is 2.74 bits per heavy atom. The number of halogens is 1. The van der Waals surface area contributed by atoms with Crippen LogP contribution in [0.3, 0.4) is 0 Å². The van der Waals surface area contributed by atoms with Crippen LogP contribution >= 0.6 is 0 Å². The maximum Gasteiger partial charge on any atom is 0.246 e. The first-order valence-corrected chi connectivity index (χ1v) is 16.7. The van der Waals surface area contributed by atoms with E-state index >= 15 is 0 Å². The van der Waals surface area contributed by atoms with Crippen molar-refractivity contribution in [1.29, 1.82) is 5.26 Å². The number of aromatic nitrogens is 2. The number of nitrogens with zero attached hydrogens (tertiary/aromatic N) is 8. The van der Waals surface area contributed by atoms with E-state index in [9.17, 15) is 14.4 Å². The number of carbonyl (C=O) groups is 1. The SMILES string of the molecule is C=CC(=O)N1CCN(c2nc(N3CC(COC(C)C)(N(C)C)C3)nc3c2CCC(N2CCCc4ccc(F)cc42)C3)CC1CC#N. The van der Waals surface area contributed by atoms with Crippen LogP contribution in [-0.4, -0.2) is 109 Å². The third kappa shape index (κ3) is 6.17. The average Bonchev–Trinajstić information content (AvgIpc) is 3.02. The Kier molecular flexibility index (Phi) is 9.22. The molecule has 11 heteroatoms. The van der Waals surface area contributed by atoms with E-state index in [4.69, 9.17) is 14.7 Å². The summed E-state index contributed by atoms with van der Waals surface area (Å²) < 4.78 is 20.5. The lowest BCUT2D eigenvalue weighted by atomic mass is 9.88. The van der Waals surface area contributed by atoms with Crippen molar-refractivity contribution in [3.63, 3.8) is 0 Å². The van der Waals surface area contributed by atoms with Crippen LogP contribution < -0.4 is 14.7 Å². The van der Waals surface area contributed by atoms with Crippen LogP contribution in [0.4, 0.5) is 21.8 Å². The van der Waals surface area contributed by atoms with E-state index < -0.39 is 0 Å². The van der Waals surface area contributed by atoms with Crippen molar-refractivity contribution in [2.45, 2.75) is 76.1 Å². The highest BCUT2D eigenvalue weighted by Crippen LogP contribution is 2.39. The van der Waals surface area contributed by atoms with E-state index in [0.29, 0.717) is 32.2 Å². The molecule has 0 bridgehead atoms. The molecule has 0 radical (unpaired) electrons. The number of hydrogen-bond donors (Lipinski definition) is 0. The number of aryl methyl sites for hydroxylation is 1. The van der Waals surface area contributed by atoms with Crippen LogP contribution in [0.25, 0.3) is 0 Å². The number of fused-ring (bicyclic) bond motifs is 2. The van der Waals surface area contributed by atoms with Crippen molar-refractivity contribution in [1.82, 2.24) is 19.8 Å². The Bertz CT molecular complexity index is 1500. The van der Waals surface area contributed by atoms with Crippen LogP contribution in [-0.2, 0) is 28.8 Å². The number of nitriles is 1. The van der Waals surface area contributed by atoms with Gasteiger partial charge in [-0.15, -0.1) is 0 Å². The van der Waals surface area contributed by atoms with Gasteiger partial charge in [0.15, 0.2) is 0 Å². The average molecular weight is 631 g/mol. The Labute approximate surface area is 272 Å². The molecule has 0 saturated carbocycles.